The highest BCUT2D eigenvalue weighted by molar-refractivity contribution is 9.10. The van der Waals surface area contributed by atoms with Gasteiger partial charge in [-0.05, 0) is 58.0 Å². The third-order valence-electron chi connectivity index (χ3n) is 6.39. The molecule has 3 aromatic rings. The zero-order chi connectivity index (χ0) is 23.7. The maximum absolute atomic E-state index is 12.0. The molecule has 0 bridgehead atoms. The maximum Gasteiger partial charge on any atom is 0.248 e. The van der Waals surface area contributed by atoms with Gasteiger partial charge in [0.2, 0.25) is 11.8 Å². The minimum absolute atomic E-state index is 0.0342. The van der Waals surface area contributed by atoms with Crippen LogP contribution >= 0.6 is 15.9 Å². The number of nitrogens with one attached hydrogen (secondary N) is 1. The number of anilines is 2. The van der Waals surface area contributed by atoms with Gasteiger partial charge in [0.1, 0.15) is 16.9 Å². The van der Waals surface area contributed by atoms with Gasteiger partial charge in [0, 0.05) is 38.0 Å². The van der Waals surface area contributed by atoms with E-state index in [1.54, 1.807) is 10.7 Å². The van der Waals surface area contributed by atoms with Gasteiger partial charge in [-0.25, -0.2) is 0 Å². The molecular formula is C24H27BrN6O3. The van der Waals surface area contributed by atoms with E-state index in [-0.39, 0.29) is 12.5 Å². The lowest BCUT2D eigenvalue weighted by Gasteiger charge is -2.31. The number of benzene rings is 1. The second kappa shape index (κ2) is 9.63. The predicted molar refractivity (Wildman–Crippen MR) is 135 cm³/mol. The largest absolute Gasteiger partial charge is 0.476 e. The first-order chi connectivity index (χ1) is 16.5. The lowest BCUT2D eigenvalue weighted by molar-refractivity contribution is -0.136. The minimum Gasteiger partial charge on any atom is -0.476 e. The van der Waals surface area contributed by atoms with Crippen molar-refractivity contribution in [2.45, 2.75) is 12.8 Å². The second-order valence-corrected chi connectivity index (χ2v) is 9.38. The fourth-order valence-electron chi connectivity index (χ4n) is 4.44. The first-order valence-corrected chi connectivity index (χ1v) is 12.1. The van der Waals surface area contributed by atoms with E-state index in [9.17, 15) is 4.79 Å². The van der Waals surface area contributed by atoms with Crippen LogP contribution in [0.4, 0.5) is 11.5 Å². The number of likely N-dealkylation sites (tertiary alicyclic amines) is 1. The molecule has 0 aliphatic carbocycles. The summed E-state index contributed by atoms with van der Waals surface area (Å²) in [6.45, 7) is 2.73. The predicted octanol–water partition coefficient (Wildman–Crippen LogP) is 3.30. The molecule has 1 amide bonds. The smallest absolute Gasteiger partial charge is 0.248 e. The Kier molecular flexibility index (Phi) is 6.42. The van der Waals surface area contributed by atoms with Crippen molar-refractivity contribution < 1.29 is 14.3 Å². The van der Waals surface area contributed by atoms with Gasteiger partial charge in [-0.1, -0.05) is 18.2 Å². The van der Waals surface area contributed by atoms with E-state index in [0.717, 1.165) is 35.2 Å². The van der Waals surface area contributed by atoms with Gasteiger partial charge in [-0.2, -0.15) is 14.6 Å². The van der Waals surface area contributed by atoms with Crippen molar-refractivity contribution in [1.82, 2.24) is 19.5 Å². The van der Waals surface area contributed by atoms with E-state index in [2.05, 4.69) is 44.6 Å². The van der Waals surface area contributed by atoms with Gasteiger partial charge in [0.15, 0.2) is 5.65 Å². The third-order valence-corrected chi connectivity index (χ3v) is 7.13. The van der Waals surface area contributed by atoms with Gasteiger partial charge in [0.05, 0.1) is 12.8 Å². The topological polar surface area (TPSA) is 107 Å². The van der Waals surface area contributed by atoms with Crippen LogP contribution in [0.3, 0.4) is 0 Å². The zero-order valence-electron chi connectivity index (χ0n) is 19.0. The Morgan fingerprint density at radius 2 is 2.09 bits per heavy atom. The van der Waals surface area contributed by atoms with Crippen LogP contribution in [0, 0.1) is 5.92 Å². The Morgan fingerprint density at radius 1 is 1.29 bits per heavy atom. The summed E-state index contributed by atoms with van der Waals surface area (Å²) in [4.78, 5) is 18.6. The van der Waals surface area contributed by atoms with Crippen molar-refractivity contribution in [3.8, 4) is 5.88 Å². The molecule has 5 rings (SSSR count). The number of hydrogen-bond acceptors (Lipinski definition) is 7. The first-order valence-electron chi connectivity index (χ1n) is 11.3. The van der Waals surface area contributed by atoms with Gasteiger partial charge >= 0.3 is 0 Å². The SMILES string of the molecule is COCC(=O)N1CCC(COc2nc3c(C4=Cc5ccccc5NC4)cnn3c(N)c2Br)CC1. The quantitative estimate of drug-likeness (QED) is 0.507. The highest BCUT2D eigenvalue weighted by Crippen LogP contribution is 2.35. The third kappa shape index (κ3) is 4.35. The molecule has 9 nitrogen and oxygen atoms in total. The summed E-state index contributed by atoms with van der Waals surface area (Å²) in [7, 11) is 1.54. The summed E-state index contributed by atoms with van der Waals surface area (Å²) in [6, 6.07) is 8.18. The van der Waals surface area contributed by atoms with Crippen LogP contribution in [0.2, 0.25) is 0 Å². The molecule has 1 saturated heterocycles. The number of rotatable bonds is 6. The molecule has 0 spiro atoms. The number of para-hydroxylation sites is 1. The van der Waals surface area contributed by atoms with Crippen LogP contribution in [0.5, 0.6) is 5.88 Å². The standard InChI is InChI=1S/C24H27BrN6O3/c1-33-14-20(32)30-8-6-15(7-9-30)13-34-24-21(25)22(26)31-23(29-24)18(12-28-31)17-10-16-4-2-3-5-19(16)27-11-17/h2-5,10,12,15,27H,6-9,11,13-14,26H2,1H3. The number of carbonyl (C=O) groups excluding carboxylic acids is 1. The minimum atomic E-state index is 0.0342. The molecule has 1 fully saturated rings. The molecule has 1 aromatic carbocycles. The lowest BCUT2D eigenvalue weighted by Crippen LogP contribution is -2.41. The zero-order valence-corrected chi connectivity index (χ0v) is 20.5. The number of halogens is 1. The Labute approximate surface area is 206 Å². The first kappa shape index (κ1) is 22.7. The van der Waals surface area contributed by atoms with E-state index in [0.29, 0.717) is 54.0 Å². The Morgan fingerprint density at radius 3 is 2.88 bits per heavy atom. The summed E-state index contributed by atoms with van der Waals surface area (Å²) < 4.78 is 13.3. The number of nitrogen functional groups attached to an aromatic ring is 1. The van der Waals surface area contributed by atoms with Crippen LogP contribution in [-0.4, -0.2) is 65.4 Å². The molecule has 2 aliphatic heterocycles. The van der Waals surface area contributed by atoms with Crippen molar-refractivity contribution in [2.24, 2.45) is 5.92 Å². The molecule has 0 atom stereocenters. The normalized spacial score (nSPS) is 16.2. The fraction of sp³-hybridized carbons (Fsp3) is 0.375. The second-order valence-electron chi connectivity index (χ2n) is 8.59. The average Bonchev–Trinajstić information content (AvgIpc) is 3.29. The summed E-state index contributed by atoms with van der Waals surface area (Å²) in [5.41, 5.74) is 11.3. The molecule has 2 aliphatic rings. The van der Waals surface area contributed by atoms with Crippen LogP contribution in [0.25, 0.3) is 17.3 Å². The van der Waals surface area contributed by atoms with Crippen LogP contribution in [0.15, 0.2) is 34.9 Å². The lowest BCUT2D eigenvalue weighted by atomic mass is 9.98. The molecular weight excluding hydrogens is 500 g/mol. The highest BCUT2D eigenvalue weighted by atomic mass is 79.9. The molecule has 0 unspecified atom stereocenters. The molecule has 10 heteroatoms. The summed E-state index contributed by atoms with van der Waals surface area (Å²) in [5.74, 6) is 1.26. The number of fused-ring (bicyclic) bond motifs is 2. The van der Waals surface area contributed by atoms with Crippen LogP contribution in [-0.2, 0) is 9.53 Å². The van der Waals surface area contributed by atoms with E-state index >= 15 is 0 Å². The number of piperidine rings is 1. The molecule has 2 aromatic heterocycles. The van der Waals surface area contributed by atoms with Crippen molar-refractivity contribution in [1.29, 1.82) is 0 Å². The number of nitrogens with zero attached hydrogens (tertiary/aromatic N) is 4. The van der Waals surface area contributed by atoms with E-state index in [1.807, 2.05) is 17.0 Å². The van der Waals surface area contributed by atoms with Crippen molar-refractivity contribution in [3.63, 3.8) is 0 Å². The number of hydrogen-bond donors (Lipinski definition) is 2. The number of aromatic nitrogens is 3. The molecule has 0 saturated carbocycles. The Hall–Kier alpha value is -3.11. The summed E-state index contributed by atoms with van der Waals surface area (Å²) in [6.07, 6.45) is 5.70. The van der Waals surface area contributed by atoms with Gasteiger partial charge in [-0.3, -0.25) is 4.79 Å². The van der Waals surface area contributed by atoms with Crippen molar-refractivity contribution in [2.75, 3.05) is 51.0 Å². The molecule has 34 heavy (non-hydrogen) atoms. The number of nitrogens with two attached hydrogens (primary N) is 1. The van der Waals surface area contributed by atoms with E-state index in [1.165, 1.54) is 7.11 Å². The van der Waals surface area contributed by atoms with Crippen molar-refractivity contribution in [3.05, 3.63) is 46.1 Å². The fourth-order valence-corrected chi connectivity index (χ4v) is 4.81. The number of ether oxygens (including phenoxy) is 2. The monoisotopic (exact) mass is 526 g/mol. The number of carbonyl (C=O) groups is 1. The molecule has 178 valence electrons. The Bertz CT molecular complexity index is 1250. The Balaban J connectivity index is 1.34. The van der Waals surface area contributed by atoms with Gasteiger partial charge < -0.3 is 25.4 Å². The molecule has 4 heterocycles. The van der Waals surface area contributed by atoms with Crippen molar-refractivity contribution >= 4 is 50.6 Å². The maximum atomic E-state index is 12.0. The average molecular weight is 527 g/mol. The molecule has 3 N–H and O–H groups in total. The van der Waals surface area contributed by atoms with E-state index < -0.39 is 0 Å². The summed E-state index contributed by atoms with van der Waals surface area (Å²) in [5, 5.41) is 7.92. The number of methoxy groups -OCH3 is 1. The van der Waals surface area contributed by atoms with Gasteiger partial charge in [-0.15, -0.1) is 0 Å². The van der Waals surface area contributed by atoms with Crippen LogP contribution < -0.4 is 15.8 Å². The summed E-state index contributed by atoms with van der Waals surface area (Å²) >= 11 is 3.53. The van der Waals surface area contributed by atoms with Gasteiger partial charge in [0.25, 0.3) is 0 Å². The number of amides is 1. The van der Waals surface area contributed by atoms with E-state index in [4.69, 9.17) is 20.2 Å². The molecule has 0 radical (unpaired) electrons. The highest BCUT2D eigenvalue weighted by Gasteiger charge is 2.25. The van der Waals surface area contributed by atoms with Crippen LogP contribution in [0.1, 0.15) is 24.0 Å².